The summed E-state index contributed by atoms with van der Waals surface area (Å²) in [5.74, 6) is 1.93. The Kier molecular flexibility index (Phi) is 3.02. The fraction of sp³-hybridized carbons (Fsp3) is 0.412. The van der Waals surface area contributed by atoms with E-state index in [1.165, 1.54) is 24.1 Å². The van der Waals surface area contributed by atoms with E-state index in [1.54, 1.807) is 0 Å². The monoisotopic (exact) mass is 280 g/mol. The summed E-state index contributed by atoms with van der Waals surface area (Å²) in [6.07, 6.45) is 3.59. The van der Waals surface area contributed by atoms with Crippen LogP contribution < -0.4 is 9.80 Å². The molecule has 0 spiro atoms. The van der Waals surface area contributed by atoms with E-state index in [1.807, 2.05) is 0 Å². The number of anilines is 3. The molecule has 4 nitrogen and oxygen atoms in total. The third kappa shape index (κ3) is 2.24. The second-order valence-electron chi connectivity index (χ2n) is 5.89. The minimum Gasteiger partial charge on any atom is -0.341 e. The number of aromatic nitrogens is 2. The van der Waals surface area contributed by atoms with Gasteiger partial charge in [0.05, 0.1) is 0 Å². The van der Waals surface area contributed by atoms with Gasteiger partial charge in [-0.1, -0.05) is 18.2 Å². The molecule has 0 atom stereocenters. The molecule has 1 saturated heterocycles. The number of nitrogens with zero attached hydrogens (tertiary/aromatic N) is 4. The van der Waals surface area contributed by atoms with Gasteiger partial charge in [-0.25, -0.2) is 4.98 Å². The number of rotatable bonds is 2. The molecule has 2 aliphatic rings. The highest BCUT2D eigenvalue weighted by molar-refractivity contribution is 5.68. The van der Waals surface area contributed by atoms with Crippen LogP contribution in [0.15, 0.2) is 30.3 Å². The predicted octanol–water partition coefficient (Wildman–Crippen LogP) is 3.08. The van der Waals surface area contributed by atoms with Crippen LogP contribution in [0.25, 0.3) is 0 Å². The summed E-state index contributed by atoms with van der Waals surface area (Å²) in [5.41, 5.74) is 3.76. The Morgan fingerprint density at radius 1 is 1.00 bits per heavy atom. The SMILES string of the molecule is Cc1cc(N2CCc3ccccc32)nc(N2CCCC2)n1. The van der Waals surface area contributed by atoms with Gasteiger partial charge in [-0.2, -0.15) is 4.98 Å². The van der Waals surface area contributed by atoms with Crippen molar-refractivity contribution >= 4 is 17.5 Å². The van der Waals surface area contributed by atoms with Crippen LogP contribution in [0.1, 0.15) is 24.1 Å². The van der Waals surface area contributed by atoms with Crippen LogP contribution in [0, 0.1) is 6.92 Å². The predicted molar refractivity (Wildman–Crippen MR) is 85.4 cm³/mol. The van der Waals surface area contributed by atoms with E-state index in [9.17, 15) is 0 Å². The van der Waals surface area contributed by atoms with Crippen molar-refractivity contribution in [2.24, 2.45) is 0 Å². The first kappa shape index (κ1) is 12.6. The highest BCUT2D eigenvalue weighted by atomic mass is 15.3. The normalized spacial score (nSPS) is 17.4. The molecular formula is C17H20N4. The van der Waals surface area contributed by atoms with E-state index in [0.717, 1.165) is 43.5 Å². The average Bonchev–Trinajstić information content (AvgIpc) is 3.16. The summed E-state index contributed by atoms with van der Waals surface area (Å²) in [5, 5.41) is 0. The smallest absolute Gasteiger partial charge is 0.227 e. The Labute approximate surface area is 125 Å². The van der Waals surface area contributed by atoms with Crippen molar-refractivity contribution in [2.75, 3.05) is 29.4 Å². The van der Waals surface area contributed by atoms with Gasteiger partial charge in [-0.05, 0) is 37.8 Å². The van der Waals surface area contributed by atoms with Gasteiger partial charge in [-0.15, -0.1) is 0 Å². The van der Waals surface area contributed by atoms with Gasteiger partial charge in [0, 0.05) is 37.1 Å². The summed E-state index contributed by atoms with van der Waals surface area (Å²) in [6, 6.07) is 10.7. The minimum absolute atomic E-state index is 0.895. The van der Waals surface area contributed by atoms with Gasteiger partial charge in [0.25, 0.3) is 0 Å². The quantitative estimate of drug-likeness (QED) is 0.846. The number of aryl methyl sites for hydroxylation is 1. The molecule has 0 unspecified atom stereocenters. The number of para-hydroxylation sites is 1. The molecule has 21 heavy (non-hydrogen) atoms. The molecule has 0 N–H and O–H groups in total. The van der Waals surface area contributed by atoms with Crippen molar-refractivity contribution in [3.63, 3.8) is 0 Å². The molecule has 108 valence electrons. The molecular weight excluding hydrogens is 260 g/mol. The molecule has 1 aromatic carbocycles. The van der Waals surface area contributed by atoms with Crippen LogP contribution in [-0.4, -0.2) is 29.6 Å². The summed E-state index contributed by atoms with van der Waals surface area (Å²) >= 11 is 0. The average molecular weight is 280 g/mol. The van der Waals surface area contributed by atoms with Gasteiger partial charge in [0.2, 0.25) is 5.95 Å². The van der Waals surface area contributed by atoms with Crippen LogP contribution in [0.3, 0.4) is 0 Å². The first-order valence-electron chi connectivity index (χ1n) is 7.77. The molecule has 0 radical (unpaired) electrons. The van der Waals surface area contributed by atoms with Crippen LogP contribution in [0.4, 0.5) is 17.5 Å². The van der Waals surface area contributed by atoms with Crippen molar-refractivity contribution < 1.29 is 0 Å². The Morgan fingerprint density at radius 2 is 1.81 bits per heavy atom. The molecule has 1 fully saturated rings. The first-order chi connectivity index (χ1) is 10.3. The van der Waals surface area contributed by atoms with Crippen molar-refractivity contribution in [1.29, 1.82) is 0 Å². The molecule has 2 aromatic rings. The van der Waals surface area contributed by atoms with E-state index in [4.69, 9.17) is 4.98 Å². The molecule has 3 heterocycles. The van der Waals surface area contributed by atoms with Crippen LogP contribution >= 0.6 is 0 Å². The van der Waals surface area contributed by atoms with Gasteiger partial charge in [-0.3, -0.25) is 0 Å². The third-order valence-corrected chi connectivity index (χ3v) is 4.38. The van der Waals surface area contributed by atoms with Gasteiger partial charge in [0.1, 0.15) is 5.82 Å². The van der Waals surface area contributed by atoms with Crippen LogP contribution in [-0.2, 0) is 6.42 Å². The Balaban J connectivity index is 1.72. The molecule has 1 aromatic heterocycles. The fourth-order valence-electron chi connectivity index (χ4n) is 3.31. The zero-order valence-electron chi connectivity index (χ0n) is 12.4. The summed E-state index contributed by atoms with van der Waals surface area (Å²) in [6.45, 7) is 5.24. The highest BCUT2D eigenvalue weighted by Crippen LogP contribution is 2.34. The topological polar surface area (TPSA) is 32.3 Å². The van der Waals surface area contributed by atoms with Crippen LogP contribution in [0.5, 0.6) is 0 Å². The first-order valence-corrected chi connectivity index (χ1v) is 7.77. The standard InChI is InChI=1S/C17H20N4/c1-13-12-16(19-17(18-13)20-9-4-5-10-20)21-11-8-14-6-2-3-7-15(14)21/h2-3,6-7,12H,4-5,8-11H2,1H3. The molecule has 0 bridgehead atoms. The molecule has 2 aliphatic heterocycles. The third-order valence-electron chi connectivity index (χ3n) is 4.38. The van der Waals surface area contributed by atoms with E-state index < -0.39 is 0 Å². The lowest BCUT2D eigenvalue weighted by Gasteiger charge is -2.22. The number of hydrogen-bond acceptors (Lipinski definition) is 4. The Bertz CT molecular complexity index is 662. The number of benzene rings is 1. The lowest BCUT2D eigenvalue weighted by Crippen LogP contribution is -2.23. The maximum atomic E-state index is 4.84. The molecule has 0 aliphatic carbocycles. The van der Waals surface area contributed by atoms with Crippen molar-refractivity contribution in [3.8, 4) is 0 Å². The largest absolute Gasteiger partial charge is 0.341 e. The van der Waals surface area contributed by atoms with E-state index >= 15 is 0 Å². The number of fused-ring (bicyclic) bond motifs is 1. The molecule has 4 rings (SSSR count). The molecule has 0 saturated carbocycles. The van der Waals surface area contributed by atoms with Crippen molar-refractivity contribution in [3.05, 3.63) is 41.6 Å². The Hall–Kier alpha value is -2.10. The van der Waals surface area contributed by atoms with Crippen LogP contribution in [0.2, 0.25) is 0 Å². The zero-order valence-corrected chi connectivity index (χ0v) is 12.4. The molecule has 4 heteroatoms. The molecule has 0 amide bonds. The lowest BCUT2D eigenvalue weighted by atomic mass is 10.2. The maximum Gasteiger partial charge on any atom is 0.227 e. The maximum absolute atomic E-state index is 4.84. The van der Waals surface area contributed by atoms with Crippen molar-refractivity contribution in [1.82, 2.24) is 9.97 Å². The summed E-state index contributed by atoms with van der Waals surface area (Å²) < 4.78 is 0. The minimum atomic E-state index is 0.895. The summed E-state index contributed by atoms with van der Waals surface area (Å²) in [4.78, 5) is 14.1. The van der Waals surface area contributed by atoms with Gasteiger partial charge in [0.15, 0.2) is 0 Å². The van der Waals surface area contributed by atoms with E-state index in [0.29, 0.717) is 0 Å². The number of hydrogen-bond donors (Lipinski definition) is 0. The zero-order chi connectivity index (χ0) is 14.2. The second-order valence-corrected chi connectivity index (χ2v) is 5.89. The van der Waals surface area contributed by atoms with Crippen molar-refractivity contribution in [2.45, 2.75) is 26.2 Å². The van der Waals surface area contributed by atoms with E-state index in [2.05, 4.69) is 52.0 Å². The van der Waals surface area contributed by atoms with E-state index in [-0.39, 0.29) is 0 Å². The van der Waals surface area contributed by atoms with Gasteiger partial charge >= 0.3 is 0 Å². The fourth-order valence-corrected chi connectivity index (χ4v) is 3.31. The lowest BCUT2D eigenvalue weighted by molar-refractivity contribution is 0.875. The summed E-state index contributed by atoms with van der Waals surface area (Å²) in [7, 11) is 0. The van der Waals surface area contributed by atoms with Gasteiger partial charge < -0.3 is 9.80 Å². The second kappa shape index (κ2) is 5.02. The Morgan fingerprint density at radius 3 is 2.67 bits per heavy atom. The highest BCUT2D eigenvalue weighted by Gasteiger charge is 2.23.